The number of amides is 1. The zero-order valence-electron chi connectivity index (χ0n) is 14.2. The van der Waals surface area contributed by atoms with Crippen molar-refractivity contribution in [3.8, 4) is 5.75 Å². The Bertz CT molecular complexity index is 696. The number of hydrogen-bond acceptors (Lipinski definition) is 4. The molecule has 5 nitrogen and oxygen atoms in total. The lowest BCUT2D eigenvalue weighted by Crippen LogP contribution is -2.50. The van der Waals surface area contributed by atoms with Gasteiger partial charge in [-0.05, 0) is 71.1 Å². The molecule has 6 heteroatoms. The Morgan fingerprint density at radius 3 is 2.28 bits per heavy atom. The molecule has 0 aliphatic carbocycles. The van der Waals surface area contributed by atoms with Crippen LogP contribution in [0.1, 0.15) is 0 Å². The SMILES string of the molecule is COc1ccc(N2CCN(C(=O)CNc3ccc(I)cc3)CC2)cc1. The number of benzene rings is 2. The largest absolute Gasteiger partial charge is 0.497 e. The van der Waals surface area contributed by atoms with Gasteiger partial charge in [0.05, 0.1) is 13.7 Å². The summed E-state index contributed by atoms with van der Waals surface area (Å²) in [7, 11) is 1.67. The molecule has 1 N–H and O–H groups in total. The van der Waals surface area contributed by atoms with Crippen molar-refractivity contribution in [2.75, 3.05) is 50.1 Å². The average molecular weight is 451 g/mol. The normalized spacial score (nSPS) is 14.3. The van der Waals surface area contributed by atoms with Gasteiger partial charge in [0.2, 0.25) is 5.91 Å². The number of nitrogens with one attached hydrogen (secondary N) is 1. The fourth-order valence-electron chi connectivity index (χ4n) is 2.86. The third kappa shape index (κ3) is 4.78. The lowest BCUT2D eigenvalue weighted by atomic mass is 10.2. The number of rotatable bonds is 5. The van der Waals surface area contributed by atoms with Gasteiger partial charge in [0.25, 0.3) is 0 Å². The first-order chi connectivity index (χ1) is 12.2. The molecule has 2 aromatic carbocycles. The fourth-order valence-corrected chi connectivity index (χ4v) is 3.22. The number of anilines is 2. The minimum absolute atomic E-state index is 0.146. The maximum absolute atomic E-state index is 12.4. The molecule has 1 saturated heterocycles. The second-order valence-corrected chi connectivity index (χ2v) is 7.17. The van der Waals surface area contributed by atoms with Crippen LogP contribution in [-0.4, -0.2) is 50.6 Å². The van der Waals surface area contributed by atoms with Crippen molar-refractivity contribution in [2.45, 2.75) is 0 Å². The molecule has 2 aromatic rings. The summed E-state index contributed by atoms with van der Waals surface area (Å²) in [4.78, 5) is 16.6. The van der Waals surface area contributed by atoms with Gasteiger partial charge in [-0.2, -0.15) is 0 Å². The standard InChI is InChI=1S/C19H22IN3O2/c1-25-18-8-6-17(7-9-18)22-10-12-23(13-11-22)19(24)14-21-16-4-2-15(20)3-5-16/h2-9,21H,10-14H2,1H3. The molecule has 0 atom stereocenters. The Kier molecular flexibility index (Phi) is 6.01. The summed E-state index contributed by atoms with van der Waals surface area (Å²) in [6.07, 6.45) is 0. The molecule has 1 amide bonds. The van der Waals surface area contributed by atoms with Gasteiger partial charge in [0, 0.05) is 41.1 Å². The van der Waals surface area contributed by atoms with Crippen LogP contribution in [0, 0.1) is 3.57 Å². The second-order valence-electron chi connectivity index (χ2n) is 5.93. The number of nitrogens with zero attached hydrogens (tertiary/aromatic N) is 2. The molecular formula is C19H22IN3O2. The van der Waals surface area contributed by atoms with E-state index in [1.54, 1.807) is 7.11 Å². The molecule has 3 rings (SSSR count). The first-order valence-electron chi connectivity index (χ1n) is 8.32. The first kappa shape index (κ1) is 17.8. The zero-order valence-corrected chi connectivity index (χ0v) is 16.4. The number of hydrogen-bond donors (Lipinski definition) is 1. The van der Waals surface area contributed by atoms with Crippen molar-refractivity contribution in [3.05, 3.63) is 52.1 Å². The minimum atomic E-state index is 0.146. The lowest BCUT2D eigenvalue weighted by molar-refractivity contribution is -0.129. The summed E-state index contributed by atoms with van der Waals surface area (Å²) in [6.45, 7) is 3.53. The van der Waals surface area contributed by atoms with Crippen LogP contribution in [0.3, 0.4) is 0 Å². The predicted octanol–water partition coefficient (Wildman–Crippen LogP) is 3.06. The van der Waals surface area contributed by atoms with Crippen molar-refractivity contribution < 1.29 is 9.53 Å². The van der Waals surface area contributed by atoms with Gasteiger partial charge in [0.15, 0.2) is 0 Å². The highest BCUT2D eigenvalue weighted by Crippen LogP contribution is 2.20. The van der Waals surface area contributed by atoms with Gasteiger partial charge in [-0.15, -0.1) is 0 Å². The van der Waals surface area contributed by atoms with E-state index in [9.17, 15) is 4.79 Å². The molecule has 0 unspecified atom stereocenters. The summed E-state index contributed by atoms with van der Waals surface area (Å²) in [5.74, 6) is 1.01. The maximum Gasteiger partial charge on any atom is 0.241 e. The van der Waals surface area contributed by atoms with Gasteiger partial charge < -0.3 is 19.9 Å². The van der Waals surface area contributed by atoms with Crippen molar-refractivity contribution >= 4 is 39.9 Å². The van der Waals surface area contributed by atoms with E-state index < -0.39 is 0 Å². The average Bonchev–Trinajstić information content (AvgIpc) is 2.67. The Balaban J connectivity index is 1.47. The highest BCUT2D eigenvalue weighted by molar-refractivity contribution is 14.1. The number of ether oxygens (including phenoxy) is 1. The van der Waals surface area contributed by atoms with Crippen LogP contribution in [0.5, 0.6) is 5.75 Å². The van der Waals surface area contributed by atoms with Crippen LogP contribution in [0.25, 0.3) is 0 Å². The minimum Gasteiger partial charge on any atom is -0.497 e. The number of halogens is 1. The molecule has 0 saturated carbocycles. The highest BCUT2D eigenvalue weighted by Gasteiger charge is 2.21. The van der Waals surface area contributed by atoms with Crippen molar-refractivity contribution in [2.24, 2.45) is 0 Å². The third-order valence-electron chi connectivity index (χ3n) is 4.36. The third-order valence-corrected chi connectivity index (χ3v) is 5.08. The molecule has 0 aromatic heterocycles. The van der Waals surface area contributed by atoms with Gasteiger partial charge >= 0.3 is 0 Å². The molecule has 1 fully saturated rings. The lowest BCUT2D eigenvalue weighted by Gasteiger charge is -2.36. The summed E-state index contributed by atoms with van der Waals surface area (Å²) >= 11 is 2.27. The molecule has 1 aliphatic rings. The monoisotopic (exact) mass is 451 g/mol. The van der Waals surface area contributed by atoms with E-state index in [-0.39, 0.29) is 5.91 Å². The summed E-state index contributed by atoms with van der Waals surface area (Å²) in [5.41, 5.74) is 2.15. The Morgan fingerprint density at radius 2 is 1.68 bits per heavy atom. The van der Waals surface area contributed by atoms with Crippen LogP contribution in [0.4, 0.5) is 11.4 Å². The van der Waals surface area contributed by atoms with Crippen LogP contribution in [-0.2, 0) is 4.79 Å². The van der Waals surface area contributed by atoms with E-state index in [1.165, 1.54) is 9.26 Å². The topological polar surface area (TPSA) is 44.8 Å². The van der Waals surface area contributed by atoms with Gasteiger partial charge in [0.1, 0.15) is 5.75 Å². The second kappa shape index (κ2) is 8.42. The van der Waals surface area contributed by atoms with E-state index in [1.807, 2.05) is 41.3 Å². The molecule has 132 valence electrons. The van der Waals surface area contributed by atoms with Crippen LogP contribution >= 0.6 is 22.6 Å². The Labute approximate surface area is 162 Å². The van der Waals surface area contributed by atoms with Crippen molar-refractivity contribution in [1.82, 2.24) is 4.90 Å². The molecule has 0 radical (unpaired) electrons. The maximum atomic E-state index is 12.4. The molecule has 0 bridgehead atoms. The predicted molar refractivity (Wildman–Crippen MR) is 109 cm³/mol. The molecule has 1 aliphatic heterocycles. The Morgan fingerprint density at radius 1 is 1.04 bits per heavy atom. The van der Waals surface area contributed by atoms with E-state index >= 15 is 0 Å². The first-order valence-corrected chi connectivity index (χ1v) is 9.40. The number of carbonyl (C=O) groups excluding carboxylic acids is 1. The number of piperazine rings is 1. The molecular weight excluding hydrogens is 429 g/mol. The Hall–Kier alpha value is -1.96. The quantitative estimate of drug-likeness (QED) is 0.711. The van der Waals surface area contributed by atoms with E-state index in [4.69, 9.17) is 4.74 Å². The zero-order chi connectivity index (χ0) is 17.6. The van der Waals surface area contributed by atoms with Crippen molar-refractivity contribution in [3.63, 3.8) is 0 Å². The smallest absolute Gasteiger partial charge is 0.241 e. The van der Waals surface area contributed by atoms with Crippen LogP contribution in [0.15, 0.2) is 48.5 Å². The van der Waals surface area contributed by atoms with Crippen molar-refractivity contribution in [1.29, 1.82) is 0 Å². The van der Waals surface area contributed by atoms with E-state index in [0.717, 1.165) is 37.6 Å². The highest BCUT2D eigenvalue weighted by atomic mass is 127. The van der Waals surface area contributed by atoms with Gasteiger partial charge in [-0.25, -0.2) is 0 Å². The summed E-state index contributed by atoms with van der Waals surface area (Å²) in [6, 6.07) is 16.1. The number of methoxy groups -OCH3 is 1. The molecule has 0 spiro atoms. The summed E-state index contributed by atoms with van der Waals surface area (Å²) in [5, 5.41) is 3.20. The van der Waals surface area contributed by atoms with Crippen LogP contribution in [0.2, 0.25) is 0 Å². The van der Waals surface area contributed by atoms with Crippen LogP contribution < -0.4 is 15.0 Å². The number of carbonyl (C=O) groups is 1. The van der Waals surface area contributed by atoms with Gasteiger partial charge in [-0.3, -0.25) is 4.79 Å². The summed E-state index contributed by atoms with van der Waals surface area (Å²) < 4.78 is 6.38. The van der Waals surface area contributed by atoms with Gasteiger partial charge in [-0.1, -0.05) is 0 Å². The van der Waals surface area contributed by atoms with E-state index in [2.05, 4.69) is 44.9 Å². The fraction of sp³-hybridized carbons (Fsp3) is 0.316. The molecule has 1 heterocycles. The molecule has 25 heavy (non-hydrogen) atoms. The van der Waals surface area contributed by atoms with E-state index in [0.29, 0.717) is 6.54 Å².